The number of aromatic nitrogens is 2. The van der Waals surface area contributed by atoms with Gasteiger partial charge in [-0.1, -0.05) is 12.1 Å². The van der Waals surface area contributed by atoms with Gasteiger partial charge >= 0.3 is 0 Å². The Balaban J connectivity index is 1.67. The molecule has 1 aromatic heterocycles. The second-order valence-electron chi connectivity index (χ2n) is 6.49. The average Bonchev–Trinajstić information content (AvgIpc) is 3.09. The van der Waals surface area contributed by atoms with E-state index in [4.69, 9.17) is 0 Å². The zero-order chi connectivity index (χ0) is 16.2. The number of carbonyl (C=O) groups excluding carboxylic acids is 1. The Labute approximate surface area is 137 Å². The number of hydrogen-bond acceptors (Lipinski definition) is 3. The van der Waals surface area contributed by atoms with E-state index in [0.29, 0.717) is 6.04 Å². The van der Waals surface area contributed by atoms with Gasteiger partial charge in [0.05, 0.1) is 12.4 Å². The Bertz CT molecular complexity index is 634. The van der Waals surface area contributed by atoms with Gasteiger partial charge in [0.15, 0.2) is 0 Å². The Kier molecular flexibility index (Phi) is 4.76. The zero-order valence-corrected chi connectivity index (χ0v) is 13.9. The van der Waals surface area contributed by atoms with Gasteiger partial charge in [0.25, 0.3) is 5.91 Å². The molecule has 122 valence electrons. The molecule has 0 radical (unpaired) electrons. The van der Waals surface area contributed by atoms with Crippen molar-refractivity contribution in [3.05, 3.63) is 54.1 Å². The van der Waals surface area contributed by atoms with Gasteiger partial charge in [0, 0.05) is 37.6 Å². The smallest absolute Gasteiger partial charge is 0.253 e. The monoisotopic (exact) mass is 312 g/mol. The third kappa shape index (κ3) is 3.79. The van der Waals surface area contributed by atoms with E-state index in [9.17, 15) is 4.79 Å². The Hall–Kier alpha value is -2.14. The van der Waals surface area contributed by atoms with Crippen molar-refractivity contribution in [3.8, 4) is 0 Å². The van der Waals surface area contributed by atoms with Gasteiger partial charge in [0.1, 0.15) is 0 Å². The molecule has 5 nitrogen and oxygen atoms in total. The Morgan fingerprint density at radius 1 is 1.30 bits per heavy atom. The minimum absolute atomic E-state index is 0.131. The maximum absolute atomic E-state index is 12.7. The van der Waals surface area contributed by atoms with Crippen LogP contribution >= 0.6 is 0 Å². The standard InChI is InChI=1S/C18H24N4O/c1-20(2)12-15-5-7-16(8-6-15)18(23)21-10-3-4-17(13-21)22-11-9-19-14-22/h5-9,11,14,17H,3-4,10,12-13H2,1-2H3. The average molecular weight is 312 g/mol. The SMILES string of the molecule is CN(C)Cc1ccc(C(=O)N2CCCC(n3ccnc3)C2)cc1. The number of imidazole rings is 1. The molecule has 1 aliphatic heterocycles. The molecule has 1 aromatic carbocycles. The van der Waals surface area contributed by atoms with Crippen molar-refractivity contribution >= 4 is 5.91 Å². The third-order valence-corrected chi connectivity index (χ3v) is 4.33. The van der Waals surface area contributed by atoms with Crippen LogP contribution < -0.4 is 0 Å². The first kappa shape index (κ1) is 15.7. The second kappa shape index (κ2) is 6.96. The molecule has 1 unspecified atom stereocenters. The minimum atomic E-state index is 0.131. The number of carbonyl (C=O) groups is 1. The highest BCUT2D eigenvalue weighted by Crippen LogP contribution is 2.22. The molecule has 1 saturated heterocycles. The van der Waals surface area contributed by atoms with Gasteiger partial charge in [0.2, 0.25) is 0 Å². The van der Waals surface area contributed by atoms with Crippen molar-refractivity contribution in [3.63, 3.8) is 0 Å². The van der Waals surface area contributed by atoms with Crippen LogP contribution in [0.25, 0.3) is 0 Å². The van der Waals surface area contributed by atoms with E-state index in [1.54, 1.807) is 6.20 Å². The van der Waals surface area contributed by atoms with Crippen molar-refractivity contribution in [2.75, 3.05) is 27.2 Å². The predicted octanol–water partition coefficient (Wildman–Crippen LogP) is 2.42. The van der Waals surface area contributed by atoms with Gasteiger partial charge in [-0.25, -0.2) is 4.98 Å². The van der Waals surface area contributed by atoms with E-state index < -0.39 is 0 Å². The van der Waals surface area contributed by atoms with E-state index in [1.807, 2.05) is 55.8 Å². The molecule has 23 heavy (non-hydrogen) atoms. The number of hydrogen-bond donors (Lipinski definition) is 0. The molecule has 1 atom stereocenters. The molecule has 0 spiro atoms. The van der Waals surface area contributed by atoms with Gasteiger partial charge in [-0.2, -0.15) is 0 Å². The van der Waals surface area contributed by atoms with Crippen molar-refractivity contribution in [1.29, 1.82) is 0 Å². The summed E-state index contributed by atoms with van der Waals surface area (Å²) >= 11 is 0. The molecule has 2 heterocycles. The van der Waals surface area contributed by atoms with Crippen molar-refractivity contribution < 1.29 is 4.79 Å². The van der Waals surface area contributed by atoms with Gasteiger partial charge in [-0.15, -0.1) is 0 Å². The first-order chi connectivity index (χ1) is 11.1. The maximum Gasteiger partial charge on any atom is 0.253 e. The Morgan fingerprint density at radius 2 is 2.09 bits per heavy atom. The fraction of sp³-hybridized carbons (Fsp3) is 0.444. The van der Waals surface area contributed by atoms with E-state index >= 15 is 0 Å². The molecule has 2 aromatic rings. The molecular formula is C18H24N4O. The van der Waals surface area contributed by atoms with E-state index in [-0.39, 0.29) is 5.91 Å². The van der Waals surface area contributed by atoms with Crippen LogP contribution in [0.3, 0.4) is 0 Å². The summed E-state index contributed by atoms with van der Waals surface area (Å²) in [5.74, 6) is 0.131. The summed E-state index contributed by atoms with van der Waals surface area (Å²) < 4.78 is 2.11. The van der Waals surface area contributed by atoms with E-state index in [1.165, 1.54) is 5.56 Å². The van der Waals surface area contributed by atoms with Crippen LogP contribution in [0.1, 0.15) is 34.8 Å². The summed E-state index contributed by atoms with van der Waals surface area (Å²) in [6.07, 6.45) is 7.75. The number of piperidine rings is 1. The fourth-order valence-corrected chi connectivity index (χ4v) is 3.17. The van der Waals surface area contributed by atoms with Crippen molar-refractivity contribution in [2.45, 2.75) is 25.4 Å². The minimum Gasteiger partial charge on any atom is -0.337 e. The molecule has 1 aliphatic rings. The third-order valence-electron chi connectivity index (χ3n) is 4.33. The number of rotatable bonds is 4. The molecule has 3 rings (SSSR count). The van der Waals surface area contributed by atoms with Crippen LogP contribution in [0.5, 0.6) is 0 Å². The number of nitrogens with zero attached hydrogens (tertiary/aromatic N) is 4. The lowest BCUT2D eigenvalue weighted by molar-refractivity contribution is 0.0679. The lowest BCUT2D eigenvalue weighted by Crippen LogP contribution is -2.40. The summed E-state index contributed by atoms with van der Waals surface area (Å²) in [4.78, 5) is 20.9. The summed E-state index contributed by atoms with van der Waals surface area (Å²) in [6, 6.07) is 8.32. The Morgan fingerprint density at radius 3 is 2.74 bits per heavy atom. The van der Waals surface area contributed by atoms with Gasteiger partial charge in [-0.3, -0.25) is 4.79 Å². The maximum atomic E-state index is 12.7. The van der Waals surface area contributed by atoms with Crippen LogP contribution in [0.2, 0.25) is 0 Å². The molecule has 0 aliphatic carbocycles. The predicted molar refractivity (Wildman–Crippen MR) is 90.2 cm³/mol. The summed E-state index contributed by atoms with van der Waals surface area (Å²) in [6.45, 7) is 2.49. The quantitative estimate of drug-likeness (QED) is 0.870. The second-order valence-corrected chi connectivity index (χ2v) is 6.49. The number of benzene rings is 1. The highest BCUT2D eigenvalue weighted by atomic mass is 16.2. The van der Waals surface area contributed by atoms with E-state index in [0.717, 1.165) is 38.0 Å². The normalized spacial score (nSPS) is 18.4. The van der Waals surface area contributed by atoms with Crippen LogP contribution in [-0.4, -0.2) is 52.4 Å². The number of likely N-dealkylation sites (tertiary alicyclic amines) is 1. The van der Waals surface area contributed by atoms with Crippen LogP contribution in [0.15, 0.2) is 43.0 Å². The van der Waals surface area contributed by atoms with Crippen molar-refractivity contribution in [2.24, 2.45) is 0 Å². The highest BCUT2D eigenvalue weighted by molar-refractivity contribution is 5.94. The molecule has 1 fully saturated rings. The topological polar surface area (TPSA) is 41.4 Å². The molecule has 1 amide bonds. The summed E-state index contributed by atoms with van der Waals surface area (Å²) in [5, 5.41) is 0. The van der Waals surface area contributed by atoms with Gasteiger partial charge < -0.3 is 14.4 Å². The number of amides is 1. The first-order valence-corrected chi connectivity index (χ1v) is 8.14. The van der Waals surface area contributed by atoms with Crippen LogP contribution in [-0.2, 0) is 6.54 Å². The van der Waals surface area contributed by atoms with Crippen LogP contribution in [0.4, 0.5) is 0 Å². The fourth-order valence-electron chi connectivity index (χ4n) is 3.17. The van der Waals surface area contributed by atoms with Gasteiger partial charge in [-0.05, 0) is 44.6 Å². The highest BCUT2D eigenvalue weighted by Gasteiger charge is 2.25. The molecule has 0 N–H and O–H groups in total. The lowest BCUT2D eigenvalue weighted by Gasteiger charge is -2.33. The largest absolute Gasteiger partial charge is 0.337 e. The molecule has 0 saturated carbocycles. The zero-order valence-electron chi connectivity index (χ0n) is 13.9. The van der Waals surface area contributed by atoms with E-state index in [2.05, 4.69) is 14.5 Å². The first-order valence-electron chi connectivity index (χ1n) is 8.14. The molecule has 5 heteroatoms. The molecule has 0 bridgehead atoms. The van der Waals surface area contributed by atoms with Crippen molar-refractivity contribution in [1.82, 2.24) is 19.4 Å². The van der Waals surface area contributed by atoms with Crippen LogP contribution in [0, 0.1) is 0 Å². The molecular weight excluding hydrogens is 288 g/mol. The summed E-state index contributed by atoms with van der Waals surface area (Å²) in [7, 11) is 4.09. The summed E-state index contributed by atoms with van der Waals surface area (Å²) in [5.41, 5.74) is 2.00. The lowest BCUT2D eigenvalue weighted by atomic mass is 10.0.